The van der Waals surface area contributed by atoms with Gasteiger partial charge < -0.3 is 14.3 Å². The van der Waals surface area contributed by atoms with E-state index in [0.29, 0.717) is 18.8 Å². The predicted octanol–water partition coefficient (Wildman–Crippen LogP) is 0.713. The number of hydrogen-bond donors (Lipinski definition) is 2. The Kier molecular flexibility index (Phi) is 4.31. The Balaban J connectivity index is 1.59. The van der Waals surface area contributed by atoms with Gasteiger partial charge in [-0.15, -0.1) is 5.10 Å². The van der Waals surface area contributed by atoms with Crippen LogP contribution in [0, 0.1) is 0 Å². The summed E-state index contributed by atoms with van der Waals surface area (Å²) in [7, 11) is 0. The lowest BCUT2D eigenvalue weighted by Crippen LogP contribution is -2.41. The summed E-state index contributed by atoms with van der Waals surface area (Å²) in [5, 5.41) is 19.5. The highest BCUT2D eigenvalue weighted by molar-refractivity contribution is 5.90. The molecule has 1 fully saturated rings. The van der Waals surface area contributed by atoms with E-state index in [1.54, 1.807) is 12.1 Å². The minimum Gasteiger partial charge on any atom is -0.508 e. The van der Waals surface area contributed by atoms with Crippen molar-refractivity contribution >= 4 is 11.9 Å². The van der Waals surface area contributed by atoms with E-state index in [4.69, 9.17) is 9.15 Å². The quantitative estimate of drug-likeness (QED) is 0.858. The summed E-state index contributed by atoms with van der Waals surface area (Å²) in [4.78, 5) is 13.9. The van der Waals surface area contributed by atoms with E-state index in [0.717, 1.165) is 13.1 Å². The lowest BCUT2D eigenvalue weighted by atomic mass is 10.2. The Morgan fingerprint density at radius 3 is 2.68 bits per heavy atom. The molecule has 0 atom stereocenters. The van der Waals surface area contributed by atoms with Crippen molar-refractivity contribution in [2.45, 2.75) is 0 Å². The molecule has 0 unspecified atom stereocenters. The number of ether oxygens (including phenoxy) is 1. The third-order valence-electron chi connectivity index (χ3n) is 3.26. The van der Waals surface area contributed by atoms with Gasteiger partial charge in [-0.2, -0.15) is 0 Å². The number of carbonyl (C=O) groups is 1. The Hall–Kier alpha value is -2.45. The molecule has 0 spiro atoms. The fourth-order valence-electron chi connectivity index (χ4n) is 2.12. The molecular formula is C14H16N4O4. The van der Waals surface area contributed by atoms with Gasteiger partial charge in [-0.1, -0.05) is 5.10 Å². The Labute approximate surface area is 126 Å². The number of rotatable bonds is 4. The van der Waals surface area contributed by atoms with Crippen molar-refractivity contribution in [2.24, 2.45) is 0 Å². The van der Waals surface area contributed by atoms with Gasteiger partial charge >= 0.3 is 6.01 Å². The van der Waals surface area contributed by atoms with Crippen molar-refractivity contribution in [1.29, 1.82) is 0 Å². The molecule has 2 heterocycles. The van der Waals surface area contributed by atoms with E-state index in [-0.39, 0.29) is 30.1 Å². The fourth-order valence-corrected chi connectivity index (χ4v) is 2.12. The second-order valence-corrected chi connectivity index (χ2v) is 4.90. The van der Waals surface area contributed by atoms with Crippen LogP contribution >= 0.6 is 0 Å². The number of hydrogen-bond acceptors (Lipinski definition) is 7. The lowest BCUT2D eigenvalue weighted by molar-refractivity contribution is -0.118. The fraction of sp³-hybridized carbons (Fsp3) is 0.357. The van der Waals surface area contributed by atoms with Crippen LogP contribution in [0.4, 0.5) is 6.01 Å². The molecule has 1 aliphatic heterocycles. The van der Waals surface area contributed by atoms with Crippen LogP contribution in [-0.2, 0) is 9.53 Å². The third-order valence-corrected chi connectivity index (χ3v) is 3.26. The molecule has 22 heavy (non-hydrogen) atoms. The highest BCUT2D eigenvalue weighted by Gasteiger charge is 2.16. The van der Waals surface area contributed by atoms with Crippen LogP contribution < -0.4 is 5.32 Å². The van der Waals surface area contributed by atoms with Gasteiger partial charge in [0.15, 0.2) is 0 Å². The number of phenols is 1. The van der Waals surface area contributed by atoms with Crippen molar-refractivity contribution < 1.29 is 19.1 Å². The van der Waals surface area contributed by atoms with Crippen molar-refractivity contribution in [3.8, 4) is 17.2 Å². The average Bonchev–Trinajstić information content (AvgIpc) is 2.97. The zero-order valence-corrected chi connectivity index (χ0v) is 11.9. The monoisotopic (exact) mass is 304 g/mol. The summed E-state index contributed by atoms with van der Waals surface area (Å²) in [6.45, 7) is 3.00. The molecule has 0 aliphatic carbocycles. The first-order chi connectivity index (χ1) is 10.7. The number of anilines is 1. The number of benzene rings is 1. The second kappa shape index (κ2) is 6.54. The molecular weight excluding hydrogens is 288 g/mol. The van der Waals surface area contributed by atoms with E-state index in [9.17, 15) is 9.90 Å². The van der Waals surface area contributed by atoms with Gasteiger partial charge in [-0.3, -0.25) is 15.0 Å². The molecule has 2 N–H and O–H groups in total. The van der Waals surface area contributed by atoms with Crippen molar-refractivity contribution in [3.05, 3.63) is 24.3 Å². The van der Waals surface area contributed by atoms with Gasteiger partial charge in [-0.05, 0) is 24.3 Å². The summed E-state index contributed by atoms with van der Waals surface area (Å²) in [6.07, 6.45) is 0. The number of amides is 1. The molecule has 1 amide bonds. The van der Waals surface area contributed by atoms with Crippen LogP contribution in [0.3, 0.4) is 0 Å². The number of aromatic hydroxyl groups is 1. The summed E-state index contributed by atoms with van der Waals surface area (Å²) < 4.78 is 10.6. The second-order valence-electron chi connectivity index (χ2n) is 4.90. The smallest absolute Gasteiger partial charge is 0.322 e. The molecule has 0 radical (unpaired) electrons. The van der Waals surface area contributed by atoms with Crippen molar-refractivity contribution in [2.75, 3.05) is 38.2 Å². The summed E-state index contributed by atoms with van der Waals surface area (Å²) >= 11 is 0. The molecule has 3 rings (SSSR count). The molecule has 1 aliphatic rings. The number of morpholine rings is 1. The zero-order chi connectivity index (χ0) is 15.4. The Morgan fingerprint density at radius 2 is 1.95 bits per heavy atom. The van der Waals surface area contributed by atoms with Gasteiger partial charge in [0.05, 0.1) is 19.8 Å². The first-order valence-corrected chi connectivity index (χ1v) is 6.93. The van der Waals surface area contributed by atoms with Gasteiger partial charge in [0.2, 0.25) is 11.8 Å². The Morgan fingerprint density at radius 1 is 1.23 bits per heavy atom. The molecule has 2 aromatic rings. The lowest BCUT2D eigenvalue weighted by Gasteiger charge is -2.25. The Bertz CT molecular complexity index is 635. The van der Waals surface area contributed by atoms with E-state index >= 15 is 0 Å². The summed E-state index contributed by atoms with van der Waals surface area (Å²) in [6, 6.07) is 6.41. The standard InChI is InChI=1S/C14H16N4O4/c19-11-3-1-10(2-4-11)13-16-17-14(22-13)15-12(20)9-18-5-7-21-8-6-18/h1-4,19H,5-9H2,(H,15,17,20). The van der Waals surface area contributed by atoms with E-state index in [1.807, 2.05) is 4.90 Å². The highest BCUT2D eigenvalue weighted by Crippen LogP contribution is 2.21. The maximum atomic E-state index is 11.9. The molecule has 1 aromatic carbocycles. The van der Waals surface area contributed by atoms with Crippen LogP contribution in [0.2, 0.25) is 0 Å². The van der Waals surface area contributed by atoms with Gasteiger partial charge in [0.25, 0.3) is 0 Å². The molecule has 1 saturated heterocycles. The van der Waals surface area contributed by atoms with Gasteiger partial charge in [0, 0.05) is 18.7 Å². The first kappa shape index (κ1) is 14.5. The number of aromatic nitrogens is 2. The maximum absolute atomic E-state index is 11.9. The average molecular weight is 304 g/mol. The van der Waals surface area contributed by atoms with Crippen molar-refractivity contribution in [1.82, 2.24) is 15.1 Å². The van der Waals surface area contributed by atoms with Gasteiger partial charge in [0.1, 0.15) is 5.75 Å². The summed E-state index contributed by atoms with van der Waals surface area (Å²) in [5.41, 5.74) is 0.666. The summed E-state index contributed by atoms with van der Waals surface area (Å²) in [5.74, 6) is 0.229. The number of phenolic OH excluding ortho intramolecular Hbond substituents is 1. The highest BCUT2D eigenvalue weighted by atomic mass is 16.5. The van der Waals surface area contributed by atoms with Crippen molar-refractivity contribution in [3.63, 3.8) is 0 Å². The van der Waals surface area contributed by atoms with Crippen LogP contribution in [0.25, 0.3) is 11.5 Å². The third kappa shape index (κ3) is 3.60. The van der Waals surface area contributed by atoms with E-state index in [1.165, 1.54) is 12.1 Å². The first-order valence-electron chi connectivity index (χ1n) is 6.93. The normalized spacial score (nSPS) is 15.6. The van der Waals surface area contributed by atoms with Gasteiger partial charge in [-0.25, -0.2) is 0 Å². The predicted molar refractivity (Wildman–Crippen MR) is 77.3 cm³/mol. The molecule has 1 aromatic heterocycles. The minimum absolute atomic E-state index is 0.0568. The number of carbonyl (C=O) groups excluding carboxylic acids is 1. The SMILES string of the molecule is O=C(CN1CCOCC1)Nc1nnc(-c2ccc(O)cc2)o1. The largest absolute Gasteiger partial charge is 0.508 e. The molecule has 8 nitrogen and oxygen atoms in total. The van der Waals surface area contributed by atoms with Crippen LogP contribution in [0.15, 0.2) is 28.7 Å². The van der Waals surface area contributed by atoms with Crippen LogP contribution in [0.5, 0.6) is 5.75 Å². The molecule has 0 saturated carbocycles. The van der Waals surface area contributed by atoms with E-state index < -0.39 is 0 Å². The molecule has 0 bridgehead atoms. The van der Waals surface area contributed by atoms with Crippen LogP contribution in [0.1, 0.15) is 0 Å². The molecule has 116 valence electrons. The minimum atomic E-state index is -0.206. The maximum Gasteiger partial charge on any atom is 0.322 e. The molecule has 8 heteroatoms. The van der Waals surface area contributed by atoms with E-state index in [2.05, 4.69) is 15.5 Å². The van der Waals surface area contributed by atoms with Crippen LogP contribution in [-0.4, -0.2) is 59.0 Å². The zero-order valence-electron chi connectivity index (χ0n) is 11.9. The number of nitrogens with one attached hydrogen (secondary N) is 1. The topological polar surface area (TPSA) is 101 Å². The number of nitrogens with zero attached hydrogens (tertiary/aromatic N) is 3.